The van der Waals surface area contributed by atoms with E-state index in [0.29, 0.717) is 28.5 Å². The Hall–Kier alpha value is -4.72. The number of non-ortho nitro benzene ring substituents is 1. The van der Waals surface area contributed by atoms with Crippen molar-refractivity contribution in [3.63, 3.8) is 0 Å². The van der Waals surface area contributed by atoms with Crippen LogP contribution in [0.15, 0.2) is 75.6 Å². The van der Waals surface area contributed by atoms with Gasteiger partial charge in [0.1, 0.15) is 11.3 Å². The second-order valence-electron chi connectivity index (χ2n) is 8.33. The summed E-state index contributed by atoms with van der Waals surface area (Å²) in [6.07, 6.45) is 0. The Kier molecular flexibility index (Phi) is 5.41. The minimum atomic E-state index is -0.477. The predicted molar refractivity (Wildman–Crippen MR) is 132 cm³/mol. The van der Waals surface area contributed by atoms with E-state index in [0.717, 1.165) is 27.8 Å². The van der Waals surface area contributed by atoms with Crippen LogP contribution in [0.25, 0.3) is 33.9 Å². The number of amides is 1. The molecule has 2 heterocycles. The maximum atomic E-state index is 12.9. The standard InChI is InChI=1S/C27H21N3O5/c1-15-12-22-25(13-16(15)2)35-27(29-22)20-8-5-9-21(17(20)3)28-26(31)24-11-10-23(34-24)18-6-4-7-19(14-18)30(32)33/h4-14H,1-3H3,(H,28,31). The first-order chi connectivity index (χ1) is 16.8. The molecule has 2 aromatic heterocycles. The molecule has 35 heavy (non-hydrogen) atoms. The van der Waals surface area contributed by atoms with E-state index in [9.17, 15) is 14.9 Å². The molecule has 3 aromatic carbocycles. The van der Waals surface area contributed by atoms with E-state index in [1.165, 1.54) is 18.2 Å². The first-order valence-corrected chi connectivity index (χ1v) is 10.9. The van der Waals surface area contributed by atoms with Crippen LogP contribution in [0.3, 0.4) is 0 Å². The zero-order valence-corrected chi connectivity index (χ0v) is 19.3. The second-order valence-corrected chi connectivity index (χ2v) is 8.33. The quantitative estimate of drug-likeness (QED) is 0.224. The summed E-state index contributed by atoms with van der Waals surface area (Å²) in [5.74, 6) is 0.487. The van der Waals surface area contributed by atoms with E-state index < -0.39 is 10.8 Å². The molecule has 0 aliphatic rings. The highest BCUT2D eigenvalue weighted by molar-refractivity contribution is 6.03. The minimum Gasteiger partial charge on any atom is -0.451 e. The van der Waals surface area contributed by atoms with Crippen LogP contribution in [0.2, 0.25) is 0 Å². The van der Waals surface area contributed by atoms with E-state index in [1.54, 1.807) is 24.3 Å². The number of nitro benzene ring substituents is 1. The first kappa shape index (κ1) is 22.1. The number of hydrogen-bond acceptors (Lipinski definition) is 6. The predicted octanol–water partition coefficient (Wildman–Crippen LogP) is 6.84. The molecule has 8 heteroatoms. The van der Waals surface area contributed by atoms with Gasteiger partial charge in [-0.25, -0.2) is 4.98 Å². The van der Waals surface area contributed by atoms with E-state index in [1.807, 2.05) is 45.0 Å². The second kappa shape index (κ2) is 8.57. The first-order valence-electron chi connectivity index (χ1n) is 10.9. The number of nitrogens with one attached hydrogen (secondary N) is 1. The van der Waals surface area contributed by atoms with E-state index in [-0.39, 0.29) is 11.4 Å². The van der Waals surface area contributed by atoms with Crippen molar-refractivity contribution < 1.29 is 18.6 Å². The van der Waals surface area contributed by atoms with E-state index in [2.05, 4.69) is 10.3 Å². The molecular formula is C27H21N3O5. The Morgan fingerprint density at radius 1 is 0.943 bits per heavy atom. The fourth-order valence-corrected chi connectivity index (χ4v) is 3.87. The lowest BCUT2D eigenvalue weighted by Crippen LogP contribution is -2.12. The molecule has 0 atom stereocenters. The van der Waals surface area contributed by atoms with Crippen LogP contribution in [0, 0.1) is 30.9 Å². The normalized spacial score (nSPS) is 11.1. The summed E-state index contributed by atoms with van der Waals surface area (Å²) in [6, 6.07) is 18.7. The number of carbonyl (C=O) groups excluding carboxylic acids is 1. The van der Waals surface area contributed by atoms with Gasteiger partial charge in [-0.1, -0.05) is 18.2 Å². The van der Waals surface area contributed by atoms with Gasteiger partial charge < -0.3 is 14.2 Å². The molecule has 5 aromatic rings. The van der Waals surface area contributed by atoms with Gasteiger partial charge in [-0.05, 0) is 73.9 Å². The molecule has 0 unspecified atom stereocenters. The Morgan fingerprint density at radius 3 is 2.51 bits per heavy atom. The van der Waals surface area contributed by atoms with Crippen molar-refractivity contribution in [1.29, 1.82) is 0 Å². The van der Waals surface area contributed by atoms with Gasteiger partial charge in [-0.2, -0.15) is 0 Å². The molecule has 5 rings (SSSR count). The fraction of sp³-hybridized carbons (Fsp3) is 0.111. The number of oxazole rings is 1. The Morgan fingerprint density at radius 2 is 1.71 bits per heavy atom. The fourth-order valence-electron chi connectivity index (χ4n) is 3.87. The van der Waals surface area contributed by atoms with Crippen molar-refractivity contribution in [2.24, 2.45) is 0 Å². The smallest absolute Gasteiger partial charge is 0.291 e. The van der Waals surface area contributed by atoms with Gasteiger partial charge in [-0.15, -0.1) is 0 Å². The third-order valence-electron chi connectivity index (χ3n) is 5.99. The number of aromatic nitrogens is 1. The number of carbonyl (C=O) groups is 1. The molecule has 0 bridgehead atoms. The molecule has 0 fully saturated rings. The van der Waals surface area contributed by atoms with E-state index >= 15 is 0 Å². The number of rotatable bonds is 5. The lowest BCUT2D eigenvalue weighted by atomic mass is 10.1. The van der Waals surface area contributed by atoms with Crippen LogP contribution in [0.4, 0.5) is 11.4 Å². The van der Waals surface area contributed by atoms with Gasteiger partial charge >= 0.3 is 0 Å². The number of fused-ring (bicyclic) bond motifs is 1. The number of furan rings is 1. The van der Waals surface area contributed by atoms with Crippen molar-refractivity contribution in [2.45, 2.75) is 20.8 Å². The van der Waals surface area contributed by atoms with Gasteiger partial charge in [0.15, 0.2) is 11.3 Å². The summed E-state index contributed by atoms with van der Waals surface area (Å²) < 4.78 is 11.7. The lowest BCUT2D eigenvalue weighted by Gasteiger charge is -2.10. The lowest BCUT2D eigenvalue weighted by molar-refractivity contribution is -0.384. The largest absolute Gasteiger partial charge is 0.451 e. The van der Waals surface area contributed by atoms with Gasteiger partial charge in [0.25, 0.3) is 11.6 Å². The third kappa shape index (κ3) is 4.17. The number of aryl methyl sites for hydroxylation is 2. The molecule has 174 valence electrons. The highest BCUT2D eigenvalue weighted by Gasteiger charge is 2.18. The Labute approximate surface area is 200 Å². The third-order valence-corrected chi connectivity index (χ3v) is 5.99. The molecule has 0 radical (unpaired) electrons. The van der Waals surface area contributed by atoms with Gasteiger partial charge in [0.05, 0.1) is 4.92 Å². The molecule has 0 saturated carbocycles. The number of nitro groups is 1. The summed E-state index contributed by atoms with van der Waals surface area (Å²) in [7, 11) is 0. The van der Waals surface area contributed by atoms with Crippen LogP contribution >= 0.6 is 0 Å². The Bertz CT molecular complexity index is 1570. The summed E-state index contributed by atoms with van der Waals surface area (Å²) in [6.45, 7) is 5.94. The number of anilines is 1. The van der Waals surface area contributed by atoms with Crippen molar-refractivity contribution >= 4 is 28.4 Å². The van der Waals surface area contributed by atoms with Gasteiger partial charge in [0, 0.05) is 28.9 Å². The molecule has 8 nitrogen and oxygen atoms in total. The van der Waals surface area contributed by atoms with Crippen LogP contribution < -0.4 is 5.32 Å². The van der Waals surface area contributed by atoms with Crippen LogP contribution in [-0.2, 0) is 0 Å². The zero-order chi connectivity index (χ0) is 24.7. The number of benzene rings is 3. The highest BCUT2D eigenvalue weighted by Crippen LogP contribution is 2.32. The minimum absolute atomic E-state index is 0.0538. The SMILES string of the molecule is Cc1cc2nc(-c3cccc(NC(=O)c4ccc(-c5cccc([N+](=O)[O-])c5)o4)c3C)oc2cc1C. The van der Waals surface area contributed by atoms with E-state index in [4.69, 9.17) is 8.83 Å². The van der Waals surface area contributed by atoms with Crippen LogP contribution in [0.5, 0.6) is 0 Å². The molecule has 0 saturated heterocycles. The number of nitrogens with zero attached hydrogens (tertiary/aromatic N) is 2. The zero-order valence-electron chi connectivity index (χ0n) is 19.3. The summed E-state index contributed by atoms with van der Waals surface area (Å²) >= 11 is 0. The molecule has 1 N–H and O–H groups in total. The number of hydrogen-bond donors (Lipinski definition) is 1. The van der Waals surface area contributed by atoms with Crippen molar-refractivity contribution in [2.75, 3.05) is 5.32 Å². The summed E-state index contributed by atoms with van der Waals surface area (Å²) in [5, 5.41) is 13.9. The summed E-state index contributed by atoms with van der Waals surface area (Å²) in [4.78, 5) is 28.1. The van der Waals surface area contributed by atoms with Crippen LogP contribution in [0.1, 0.15) is 27.2 Å². The summed E-state index contributed by atoms with van der Waals surface area (Å²) in [5.41, 5.74) is 6.37. The van der Waals surface area contributed by atoms with Crippen LogP contribution in [-0.4, -0.2) is 15.8 Å². The average molecular weight is 467 g/mol. The molecular weight excluding hydrogens is 446 g/mol. The molecule has 1 amide bonds. The maximum absolute atomic E-state index is 12.9. The highest BCUT2D eigenvalue weighted by atomic mass is 16.6. The van der Waals surface area contributed by atoms with Crippen molar-refractivity contribution in [3.05, 3.63) is 99.3 Å². The molecule has 0 spiro atoms. The average Bonchev–Trinajstić information content (AvgIpc) is 3.48. The van der Waals surface area contributed by atoms with Crippen molar-refractivity contribution in [1.82, 2.24) is 4.98 Å². The van der Waals surface area contributed by atoms with Gasteiger partial charge in [-0.3, -0.25) is 14.9 Å². The molecule has 0 aliphatic heterocycles. The van der Waals surface area contributed by atoms with Crippen molar-refractivity contribution in [3.8, 4) is 22.8 Å². The van der Waals surface area contributed by atoms with Gasteiger partial charge in [0.2, 0.25) is 5.89 Å². The monoisotopic (exact) mass is 467 g/mol. The topological polar surface area (TPSA) is 111 Å². The Balaban J connectivity index is 1.41. The maximum Gasteiger partial charge on any atom is 0.291 e. The molecule has 0 aliphatic carbocycles.